The highest BCUT2D eigenvalue weighted by molar-refractivity contribution is 7.72. The van der Waals surface area contributed by atoms with E-state index in [1.54, 1.807) is 24.3 Å². The summed E-state index contributed by atoms with van der Waals surface area (Å²) in [6.07, 6.45) is 0. The number of benzene rings is 1. The fourth-order valence-electron chi connectivity index (χ4n) is 1.62. The van der Waals surface area contributed by atoms with E-state index in [0.717, 1.165) is 4.90 Å². The lowest BCUT2D eigenvalue weighted by atomic mass is 10.1. The third-order valence-corrected chi connectivity index (χ3v) is 2.95. The molecule has 1 aromatic carbocycles. The zero-order valence-corrected chi connectivity index (χ0v) is 9.15. The summed E-state index contributed by atoms with van der Waals surface area (Å²) in [7, 11) is -2.58. The zero-order chi connectivity index (χ0) is 11.7. The van der Waals surface area contributed by atoms with Gasteiger partial charge >= 0.3 is 0 Å². The normalized spacial score (nSPS) is 14.7. The topological polar surface area (TPSA) is 71.5 Å². The number of nitrogens with zero attached hydrogens (tertiary/aromatic N) is 1. The van der Waals surface area contributed by atoms with Crippen LogP contribution in [0.1, 0.15) is 20.7 Å². The first-order chi connectivity index (χ1) is 7.61. The molecule has 1 heterocycles. The lowest BCUT2D eigenvalue weighted by Gasteiger charge is -2.10. The molecule has 1 aliphatic rings. The average Bonchev–Trinajstić information content (AvgIpc) is 2.50. The Morgan fingerprint density at radius 3 is 1.94 bits per heavy atom. The van der Waals surface area contributed by atoms with E-state index in [1.807, 2.05) is 0 Å². The molecule has 84 valence electrons. The van der Waals surface area contributed by atoms with Crippen molar-refractivity contribution in [3.05, 3.63) is 35.4 Å². The van der Waals surface area contributed by atoms with Crippen molar-refractivity contribution in [1.82, 2.24) is 4.90 Å². The van der Waals surface area contributed by atoms with Crippen molar-refractivity contribution in [1.29, 1.82) is 0 Å². The van der Waals surface area contributed by atoms with Crippen LogP contribution in [0.5, 0.6) is 0 Å². The molecule has 0 aliphatic carbocycles. The second-order valence-electron chi connectivity index (χ2n) is 3.36. The largest absolute Gasteiger partial charge is 0.273 e. The summed E-state index contributed by atoms with van der Waals surface area (Å²) >= 11 is 0. The van der Waals surface area contributed by atoms with E-state index in [2.05, 4.69) is 0 Å². The van der Waals surface area contributed by atoms with Gasteiger partial charge < -0.3 is 0 Å². The van der Waals surface area contributed by atoms with Gasteiger partial charge in [0.15, 0.2) is 0 Å². The maximum Gasteiger partial charge on any atom is 0.261 e. The summed E-state index contributed by atoms with van der Waals surface area (Å²) in [4.78, 5) is 24.4. The summed E-state index contributed by atoms with van der Waals surface area (Å²) in [5.41, 5.74) is 0.683. The SMILES string of the molecule is O=C1c2ccccc2C(=O)N1CC[SH](=O)=O. The number of imide groups is 1. The molecule has 0 saturated carbocycles. The minimum atomic E-state index is -2.58. The highest BCUT2D eigenvalue weighted by Gasteiger charge is 2.34. The summed E-state index contributed by atoms with van der Waals surface area (Å²) < 4.78 is 20.9. The average molecular weight is 239 g/mol. The van der Waals surface area contributed by atoms with Crippen molar-refractivity contribution < 1.29 is 18.0 Å². The number of amides is 2. The van der Waals surface area contributed by atoms with Gasteiger partial charge in [0.1, 0.15) is 10.7 Å². The van der Waals surface area contributed by atoms with Crippen LogP contribution in [0.4, 0.5) is 0 Å². The van der Waals surface area contributed by atoms with Crippen LogP contribution in [0.15, 0.2) is 24.3 Å². The Labute approximate surface area is 93.6 Å². The Kier molecular flexibility index (Phi) is 2.74. The summed E-state index contributed by atoms with van der Waals surface area (Å²) in [6.45, 7) is -0.0783. The van der Waals surface area contributed by atoms with Crippen LogP contribution in [0, 0.1) is 0 Å². The van der Waals surface area contributed by atoms with Crippen molar-refractivity contribution in [3.8, 4) is 0 Å². The fourth-order valence-corrected chi connectivity index (χ4v) is 1.99. The van der Waals surface area contributed by atoms with Gasteiger partial charge in [-0.15, -0.1) is 0 Å². The number of carbonyl (C=O) groups is 2. The molecule has 1 aliphatic heterocycles. The van der Waals surface area contributed by atoms with Crippen LogP contribution in [-0.2, 0) is 10.7 Å². The van der Waals surface area contributed by atoms with Crippen molar-refractivity contribution in [3.63, 3.8) is 0 Å². The Bertz CT molecular complexity index is 492. The fraction of sp³-hybridized carbons (Fsp3) is 0.200. The van der Waals surface area contributed by atoms with E-state index in [9.17, 15) is 18.0 Å². The van der Waals surface area contributed by atoms with Crippen LogP contribution in [0.2, 0.25) is 0 Å². The number of fused-ring (bicyclic) bond motifs is 1. The molecule has 5 nitrogen and oxygen atoms in total. The molecule has 0 saturated heterocycles. The van der Waals surface area contributed by atoms with Gasteiger partial charge in [-0.3, -0.25) is 14.5 Å². The van der Waals surface area contributed by atoms with Crippen LogP contribution < -0.4 is 0 Å². The first kappa shape index (κ1) is 10.8. The first-order valence-electron chi connectivity index (χ1n) is 4.68. The molecule has 0 fully saturated rings. The van der Waals surface area contributed by atoms with E-state index in [0.29, 0.717) is 11.1 Å². The second kappa shape index (κ2) is 4.05. The highest BCUT2D eigenvalue weighted by atomic mass is 32.2. The summed E-state index contributed by atoms with van der Waals surface area (Å²) in [6, 6.07) is 6.46. The van der Waals surface area contributed by atoms with E-state index < -0.39 is 22.5 Å². The predicted octanol–water partition coefficient (Wildman–Crippen LogP) is -0.106. The van der Waals surface area contributed by atoms with E-state index >= 15 is 0 Å². The Balaban J connectivity index is 2.28. The third-order valence-electron chi connectivity index (χ3n) is 2.38. The molecule has 0 radical (unpaired) electrons. The monoisotopic (exact) mass is 239 g/mol. The number of carbonyl (C=O) groups excluding carboxylic acids is 2. The smallest absolute Gasteiger partial charge is 0.261 e. The van der Waals surface area contributed by atoms with Gasteiger partial charge in [0.05, 0.1) is 16.9 Å². The van der Waals surface area contributed by atoms with Crippen LogP contribution in [0.25, 0.3) is 0 Å². The van der Waals surface area contributed by atoms with E-state index in [-0.39, 0.29) is 12.3 Å². The minimum absolute atomic E-state index is 0.0783. The Hall–Kier alpha value is -1.69. The molecule has 0 atom stereocenters. The second-order valence-corrected chi connectivity index (χ2v) is 4.48. The van der Waals surface area contributed by atoms with E-state index in [1.165, 1.54) is 0 Å². The quantitative estimate of drug-likeness (QED) is 0.590. The molecule has 1 aromatic rings. The van der Waals surface area contributed by atoms with Gasteiger partial charge in [-0.05, 0) is 12.1 Å². The van der Waals surface area contributed by atoms with Gasteiger partial charge in [0, 0.05) is 6.54 Å². The van der Waals surface area contributed by atoms with Crippen LogP contribution in [-0.4, -0.2) is 37.4 Å². The molecule has 0 N–H and O–H groups in total. The molecule has 2 amide bonds. The predicted molar refractivity (Wildman–Crippen MR) is 57.0 cm³/mol. The maximum atomic E-state index is 11.7. The Morgan fingerprint density at radius 2 is 1.50 bits per heavy atom. The molecular formula is C10H9NO4S. The number of hydrogen-bond donors (Lipinski definition) is 1. The van der Waals surface area contributed by atoms with Crippen molar-refractivity contribution in [2.75, 3.05) is 12.3 Å². The number of rotatable bonds is 3. The summed E-state index contributed by atoms with van der Waals surface area (Å²) in [5.74, 6) is -1.03. The van der Waals surface area contributed by atoms with Gasteiger partial charge in [-0.25, -0.2) is 8.42 Å². The Morgan fingerprint density at radius 1 is 1.00 bits per heavy atom. The highest BCUT2D eigenvalue weighted by Crippen LogP contribution is 2.21. The lowest BCUT2D eigenvalue weighted by Crippen LogP contribution is -2.32. The van der Waals surface area contributed by atoms with Crippen molar-refractivity contribution in [2.45, 2.75) is 0 Å². The standard InChI is InChI=1S/C10H9NO4S/c12-9-7-3-1-2-4-8(7)10(13)11(9)5-6-16(14)15/h1-4,16H,5-6H2. The summed E-state index contributed by atoms with van der Waals surface area (Å²) in [5, 5.41) is 0. The minimum Gasteiger partial charge on any atom is -0.273 e. The van der Waals surface area contributed by atoms with Gasteiger partial charge in [0.25, 0.3) is 11.8 Å². The van der Waals surface area contributed by atoms with Gasteiger partial charge in [-0.1, -0.05) is 12.1 Å². The molecular weight excluding hydrogens is 230 g/mol. The molecule has 2 rings (SSSR count). The van der Waals surface area contributed by atoms with Gasteiger partial charge in [-0.2, -0.15) is 0 Å². The number of hydrogen-bond acceptors (Lipinski definition) is 4. The number of thiol groups is 1. The van der Waals surface area contributed by atoms with Crippen LogP contribution in [0.3, 0.4) is 0 Å². The maximum absolute atomic E-state index is 11.7. The molecule has 16 heavy (non-hydrogen) atoms. The first-order valence-corrected chi connectivity index (χ1v) is 6.04. The van der Waals surface area contributed by atoms with Crippen LogP contribution >= 0.6 is 0 Å². The molecule has 0 bridgehead atoms. The molecule has 0 aromatic heterocycles. The molecule has 0 unspecified atom stereocenters. The van der Waals surface area contributed by atoms with E-state index in [4.69, 9.17) is 0 Å². The third kappa shape index (κ3) is 1.71. The van der Waals surface area contributed by atoms with Gasteiger partial charge in [0.2, 0.25) is 0 Å². The zero-order valence-electron chi connectivity index (χ0n) is 8.25. The molecule has 6 heteroatoms. The van der Waals surface area contributed by atoms with Crippen molar-refractivity contribution >= 4 is 22.5 Å². The lowest BCUT2D eigenvalue weighted by molar-refractivity contribution is 0.0664. The molecule has 0 spiro atoms. The van der Waals surface area contributed by atoms with Crippen molar-refractivity contribution in [2.24, 2.45) is 0 Å².